The van der Waals surface area contributed by atoms with Crippen LogP contribution in [0.2, 0.25) is 0 Å². The molecule has 3 aliphatic rings. The Bertz CT molecular complexity index is 1360. The SMILES string of the molecule is CCC(=O)N1CCC(c2nccc([C@@]34CC[C@@H](c5cc(-c6c(F)cccc6F)nnc53)C4(C)C)n2)CC1. The molecule has 1 aromatic carbocycles. The van der Waals surface area contributed by atoms with Gasteiger partial charge in [-0.3, -0.25) is 4.79 Å². The molecule has 2 aromatic heterocycles. The third-order valence-electron chi connectivity index (χ3n) is 9.23. The summed E-state index contributed by atoms with van der Waals surface area (Å²) in [4.78, 5) is 23.8. The number of carbonyl (C=O) groups excluding carboxylic acids is 1. The maximum Gasteiger partial charge on any atom is 0.222 e. The number of amides is 1. The highest BCUT2D eigenvalue weighted by molar-refractivity contribution is 5.75. The van der Waals surface area contributed by atoms with Gasteiger partial charge in [0, 0.05) is 31.6 Å². The Hall–Kier alpha value is -3.29. The van der Waals surface area contributed by atoms with Crippen LogP contribution in [0.4, 0.5) is 8.78 Å². The number of rotatable bonds is 4. The Labute approximate surface area is 215 Å². The van der Waals surface area contributed by atoms with E-state index in [0.717, 1.165) is 61.5 Å². The second kappa shape index (κ2) is 8.64. The number of nitrogens with zero attached hydrogens (tertiary/aromatic N) is 5. The second-order valence-electron chi connectivity index (χ2n) is 11.2. The molecule has 37 heavy (non-hydrogen) atoms. The van der Waals surface area contributed by atoms with E-state index < -0.39 is 17.0 Å². The zero-order chi connectivity index (χ0) is 25.9. The minimum Gasteiger partial charge on any atom is -0.343 e. The average Bonchev–Trinajstić information content (AvgIpc) is 3.29. The van der Waals surface area contributed by atoms with E-state index in [1.165, 1.54) is 18.2 Å². The number of benzene rings is 1. The normalized spacial score (nSPS) is 24.4. The summed E-state index contributed by atoms with van der Waals surface area (Å²) in [5.41, 5.74) is 2.27. The highest BCUT2D eigenvalue weighted by Crippen LogP contribution is 2.69. The van der Waals surface area contributed by atoms with Crippen molar-refractivity contribution in [2.45, 2.75) is 70.1 Å². The average molecular weight is 504 g/mol. The van der Waals surface area contributed by atoms with Crippen molar-refractivity contribution in [2.75, 3.05) is 13.1 Å². The molecule has 6 rings (SSSR count). The lowest BCUT2D eigenvalue weighted by Gasteiger charge is -2.38. The molecule has 1 saturated heterocycles. The quantitative estimate of drug-likeness (QED) is 0.468. The molecular formula is C29H31F2N5O. The fraction of sp³-hybridized carbons (Fsp3) is 0.483. The molecule has 0 radical (unpaired) electrons. The lowest BCUT2D eigenvalue weighted by molar-refractivity contribution is -0.131. The lowest BCUT2D eigenvalue weighted by Crippen LogP contribution is -2.39. The van der Waals surface area contributed by atoms with E-state index in [-0.39, 0.29) is 34.4 Å². The first kappa shape index (κ1) is 24.1. The summed E-state index contributed by atoms with van der Waals surface area (Å²) in [6, 6.07) is 7.67. The van der Waals surface area contributed by atoms with E-state index in [1.807, 2.05) is 30.2 Å². The summed E-state index contributed by atoms with van der Waals surface area (Å²) >= 11 is 0. The minimum atomic E-state index is -0.640. The zero-order valence-electron chi connectivity index (χ0n) is 21.5. The summed E-state index contributed by atoms with van der Waals surface area (Å²) in [7, 11) is 0. The smallest absolute Gasteiger partial charge is 0.222 e. The van der Waals surface area contributed by atoms with E-state index >= 15 is 0 Å². The lowest BCUT2D eigenvalue weighted by atomic mass is 9.66. The first-order valence-electron chi connectivity index (χ1n) is 13.2. The Kier molecular flexibility index (Phi) is 5.62. The Morgan fingerprint density at radius 3 is 2.51 bits per heavy atom. The predicted octanol–water partition coefficient (Wildman–Crippen LogP) is 5.53. The zero-order valence-corrected chi connectivity index (χ0v) is 21.5. The van der Waals surface area contributed by atoms with Crippen molar-refractivity contribution in [3.8, 4) is 11.3 Å². The third-order valence-corrected chi connectivity index (χ3v) is 9.23. The van der Waals surface area contributed by atoms with Crippen molar-refractivity contribution in [1.29, 1.82) is 0 Å². The van der Waals surface area contributed by atoms with Gasteiger partial charge in [0.15, 0.2) is 0 Å². The summed E-state index contributed by atoms with van der Waals surface area (Å²) in [5, 5.41) is 8.97. The second-order valence-corrected chi connectivity index (χ2v) is 11.2. The van der Waals surface area contributed by atoms with Crippen LogP contribution in [-0.2, 0) is 10.2 Å². The molecule has 0 spiro atoms. The molecule has 192 valence electrons. The minimum absolute atomic E-state index is 0.135. The van der Waals surface area contributed by atoms with Crippen LogP contribution in [0.15, 0.2) is 36.5 Å². The molecule has 2 bridgehead atoms. The molecule has 6 nitrogen and oxygen atoms in total. The molecule has 3 aromatic rings. The Morgan fingerprint density at radius 2 is 1.81 bits per heavy atom. The van der Waals surface area contributed by atoms with Crippen LogP contribution in [0, 0.1) is 17.0 Å². The van der Waals surface area contributed by atoms with Gasteiger partial charge in [0.05, 0.1) is 28.1 Å². The van der Waals surface area contributed by atoms with Crippen LogP contribution in [0.5, 0.6) is 0 Å². The van der Waals surface area contributed by atoms with Crippen LogP contribution >= 0.6 is 0 Å². The van der Waals surface area contributed by atoms with Gasteiger partial charge in [-0.2, -0.15) is 5.10 Å². The van der Waals surface area contributed by atoms with Crippen molar-refractivity contribution < 1.29 is 13.6 Å². The topological polar surface area (TPSA) is 71.9 Å². The van der Waals surface area contributed by atoms with E-state index in [9.17, 15) is 13.6 Å². The van der Waals surface area contributed by atoms with Crippen LogP contribution in [-0.4, -0.2) is 44.1 Å². The van der Waals surface area contributed by atoms with Gasteiger partial charge in [-0.05, 0) is 66.8 Å². The molecular weight excluding hydrogens is 472 g/mol. The molecule has 1 aliphatic heterocycles. The number of halogens is 2. The molecule has 0 unspecified atom stereocenters. The van der Waals surface area contributed by atoms with Crippen molar-refractivity contribution in [3.63, 3.8) is 0 Å². The molecule has 2 atom stereocenters. The molecule has 2 fully saturated rings. The predicted molar refractivity (Wildman–Crippen MR) is 135 cm³/mol. The molecule has 0 N–H and O–H groups in total. The number of hydrogen-bond acceptors (Lipinski definition) is 5. The summed E-state index contributed by atoms with van der Waals surface area (Å²) in [6.45, 7) is 7.84. The highest BCUT2D eigenvalue weighted by Gasteiger charge is 2.65. The van der Waals surface area contributed by atoms with Gasteiger partial charge in [0.25, 0.3) is 0 Å². The van der Waals surface area contributed by atoms with Crippen molar-refractivity contribution in [1.82, 2.24) is 25.1 Å². The Morgan fingerprint density at radius 1 is 1.08 bits per heavy atom. The van der Waals surface area contributed by atoms with Crippen molar-refractivity contribution in [3.05, 3.63) is 70.9 Å². The number of hydrogen-bond donors (Lipinski definition) is 0. The van der Waals surface area contributed by atoms with E-state index in [2.05, 4.69) is 29.0 Å². The number of fused-ring (bicyclic) bond motifs is 5. The van der Waals surface area contributed by atoms with Gasteiger partial charge in [-0.1, -0.05) is 26.8 Å². The standard InChI is InChI=1S/C29H31F2N5O/c1-4-24(37)36-14-10-17(11-15-36)27-32-13-9-23(33-27)29-12-8-19(28(29,2)3)18-16-22(34-35-26(18)29)25-20(30)6-5-7-21(25)31/h5-7,9,13,16-17,19H,4,8,10-12,14-15H2,1-3H3/t19-,29-/m0/s1. The summed E-state index contributed by atoms with van der Waals surface area (Å²) in [6.07, 6.45) is 5.90. The monoisotopic (exact) mass is 503 g/mol. The van der Waals surface area contributed by atoms with Crippen LogP contribution in [0.3, 0.4) is 0 Å². The Balaban J connectivity index is 1.38. The first-order chi connectivity index (χ1) is 17.8. The van der Waals surface area contributed by atoms with E-state index in [4.69, 9.17) is 4.98 Å². The summed E-state index contributed by atoms with van der Waals surface area (Å²) < 4.78 is 29.1. The number of likely N-dealkylation sites (tertiary alicyclic amines) is 1. The first-order valence-corrected chi connectivity index (χ1v) is 13.2. The fourth-order valence-corrected chi connectivity index (χ4v) is 7.18. The van der Waals surface area contributed by atoms with Crippen molar-refractivity contribution in [2.24, 2.45) is 5.41 Å². The summed E-state index contributed by atoms with van der Waals surface area (Å²) in [5.74, 6) is 0.129. The van der Waals surface area contributed by atoms with Crippen LogP contribution in [0.25, 0.3) is 11.3 Å². The van der Waals surface area contributed by atoms with Gasteiger partial charge >= 0.3 is 0 Å². The maximum atomic E-state index is 14.5. The number of piperidine rings is 1. The van der Waals surface area contributed by atoms with Crippen molar-refractivity contribution >= 4 is 5.91 Å². The largest absolute Gasteiger partial charge is 0.343 e. The van der Waals surface area contributed by atoms with Crippen LogP contribution < -0.4 is 0 Å². The van der Waals surface area contributed by atoms with Gasteiger partial charge in [0.2, 0.25) is 5.91 Å². The van der Waals surface area contributed by atoms with E-state index in [1.54, 1.807) is 0 Å². The van der Waals surface area contributed by atoms with Gasteiger partial charge in [-0.25, -0.2) is 18.7 Å². The van der Waals surface area contributed by atoms with E-state index in [0.29, 0.717) is 6.42 Å². The molecule has 8 heteroatoms. The highest BCUT2D eigenvalue weighted by atomic mass is 19.1. The maximum absolute atomic E-state index is 14.5. The number of carbonyl (C=O) groups is 1. The molecule has 1 saturated carbocycles. The van der Waals surface area contributed by atoms with Gasteiger partial charge in [-0.15, -0.1) is 5.10 Å². The number of aromatic nitrogens is 4. The molecule has 1 amide bonds. The fourth-order valence-electron chi connectivity index (χ4n) is 7.18. The van der Waals surface area contributed by atoms with Gasteiger partial charge in [0.1, 0.15) is 17.5 Å². The van der Waals surface area contributed by atoms with Gasteiger partial charge < -0.3 is 4.90 Å². The molecule has 2 aliphatic carbocycles. The third kappa shape index (κ3) is 3.44. The molecule has 3 heterocycles. The van der Waals surface area contributed by atoms with Crippen LogP contribution in [0.1, 0.15) is 87.5 Å².